The van der Waals surface area contributed by atoms with Crippen LogP contribution in [0.2, 0.25) is 0 Å². The smallest absolute Gasteiger partial charge is 0.180 e. The third-order valence-electron chi connectivity index (χ3n) is 4.69. The molecule has 0 aliphatic heterocycles. The van der Waals surface area contributed by atoms with E-state index in [1.807, 2.05) is 13.8 Å². The van der Waals surface area contributed by atoms with Crippen molar-refractivity contribution in [1.82, 2.24) is 0 Å². The summed E-state index contributed by atoms with van der Waals surface area (Å²) in [4.78, 5) is 0. The molecule has 0 unspecified atom stereocenters. The summed E-state index contributed by atoms with van der Waals surface area (Å²) >= 11 is 0. The van der Waals surface area contributed by atoms with Crippen LogP contribution in [-0.2, 0) is 9.47 Å². The Morgan fingerprint density at radius 2 is 0.679 bits per heavy atom. The number of rotatable bonds is 19. The van der Waals surface area contributed by atoms with Gasteiger partial charge in [0.05, 0.1) is 13.2 Å². The predicted octanol–water partition coefficient (Wildman–Crippen LogP) is 8.10. The van der Waals surface area contributed by atoms with Crippen molar-refractivity contribution in [2.45, 2.75) is 117 Å². The molecule has 28 heavy (non-hydrogen) atoms. The van der Waals surface area contributed by atoms with Crippen LogP contribution in [0.5, 0.6) is 0 Å². The number of nitrogens with one attached hydrogen (secondary N) is 2. The van der Waals surface area contributed by atoms with Crippen LogP contribution < -0.4 is 0 Å². The molecule has 0 amide bonds. The molecule has 0 aliphatic rings. The van der Waals surface area contributed by atoms with Gasteiger partial charge >= 0.3 is 0 Å². The van der Waals surface area contributed by atoms with Gasteiger partial charge in [-0.3, -0.25) is 10.8 Å². The Hall–Kier alpha value is -0.480. The van der Waals surface area contributed by atoms with Crippen LogP contribution in [0.1, 0.15) is 117 Å². The number of hydrogen-bond acceptors (Lipinski definition) is 4. The van der Waals surface area contributed by atoms with E-state index in [0.29, 0.717) is 25.0 Å². The fourth-order valence-electron chi connectivity index (χ4n) is 3.19. The SMILES string of the molecule is CCOC(=N)CCCCCCCCCCCCCCCCC(=N)OCC.Cl.Cl. The van der Waals surface area contributed by atoms with Crippen LogP contribution in [0.25, 0.3) is 0 Å². The molecule has 0 saturated heterocycles. The quantitative estimate of drug-likeness (QED) is 0.121. The molecule has 0 spiro atoms. The Balaban J connectivity index is -0.00000312. The van der Waals surface area contributed by atoms with Gasteiger partial charge in [-0.1, -0.05) is 77.0 Å². The Morgan fingerprint density at radius 1 is 0.464 bits per heavy atom. The zero-order chi connectivity index (χ0) is 19.3. The molecule has 170 valence electrons. The maximum absolute atomic E-state index is 7.56. The molecule has 0 aromatic heterocycles. The van der Waals surface area contributed by atoms with Crippen molar-refractivity contribution in [3.05, 3.63) is 0 Å². The lowest BCUT2D eigenvalue weighted by atomic mass is 10.0. The molecular formula is C22H46Cl2N2O2. The minimum atomic E-state index is 0. The minimum Gasteiger partial charge on any atom is -0.481 e. The third kappa shape index (κ3) is 25.5. The predicted molar refractivity (Wildman–Crippen MR) is 127 cm³/mol. The molecule has 0 radical (unpaired) electrons. The van der Waals surface area contributed by atoms with Gasteiger partial charge in [-0.2, -0.15) is 0 Å². The van der Waals surface area contributed by atoms with Crippen molar-refractivity contribution in [2.24, 2.45) is 0 Å². The van der Waals surface area contributed by atoms with Crippen LogP contribution >= 0.6 is 24.8 Å². The lowest BCUT2D eigenvalue weighted by Gasteiger charge is -2.05. The zero-order valence-corrected chi connectivity index (χ0v) is 20.0. The summed E-state index contributed by atoms with van der Waals surface area (Å²) < 4.78 is 10.3. The summed E-state index contributed by atoms with van der Waals surface area (Å²) in [5, 5.41) is 15.1. The summed E-state index contributed by atoms with van der Waals surface area (Å²) in [7, 11) is 0. The van der Waals surface area contributed by atoms with Crippen molar-refractivity contribution in [3.8, 4) is 0 Å². The Kier molecular flexibility index (Phi) is 30.5. The van der Waals surface area contributed by atoms with Crippen LogP contribution in [0.3, 0.4) is 0 Å². The second-order valence-corrected chi connectivity index (χ2v) is 7.16. The molecule has 0 aromatic rings. The second-order valence-electron chi connectivity index (χ2n) is 7.16. The molecule has 0 atom stereocenters. The highest BCUT2D eigenvalue weighted by atomic mass is 35.5. The second kappa shape index (κ2) is 26.5. The highest BCUT2D eigenvalue weighted by molar-refractivity contribution is 5.85. The summed E-state index contributed by atoms with van der Waals surface area (Å²) in [5.41, 5.74) is 0. The minimum absolute atomic E-state index is 0. The Labute approximate surface area is 186 Å². The maximum atomic E-state index is 7.56. The number of ether oxygens (including phenoxy) is 2. The van der Waals surface area contributed by atoms with Gasteiger partial charge in [-0.25, -0.2) is 0 Å². The maximum Gasteiger partial charge on any atom is 0.180 e. The largest absolute Gasteiger partial charge is 0.481 e. The summed E-state index contributed by atoms with van der Waals surface area (Å²) in [6, 6.07) is 0. The van der Waals surface area contributed by atoms with E-state index in [-0.39, 0.29) is 24.8 Å². The average molecular weight is 442 g/mol. The molecule has 0 heterocycles. The fourth-order valence-corrected chi connectivity index (χ4v) is 3.19. The normalized spacial score (nSPS) is 9.93. The van der Waals surface area contributed by atoms with Crippen molar-refractivity contribution in [2.75, 3.05) is 13.2 Å². The van der Waals surface area contributed by atoms with Crippen LogP contribution in [0.4, 0.5) is 0 Å². The molecule has 6 heteroatoms. The molecule has 0 bridgehead atoms. The topological polar surface area (TPSA) is 66.2 Å². The molecule has 0 rings (SSSR count). The van der Waals surface area contributed by atoms with E-state index in [9.17, 15) is 0 Å². The third-order valence-corrected chi connectivity index (χ3v) is 4.69. The van der Waals surface area contributed by atoms with Crippen LogP contribution in [-0.4, -0.2) is 25.0 Å². The van der Waals surface area contributed by atoms with Gasteiger partial charge in [-0.15, -0.1) is 24.8 Å². The highest BCUT2D eigenvalue weighted by Crippen LogP contribution is 2.14. The highest BCUT2D eigenvalue weighted by Gasteiger charge is 1.98. The molecule has 0 saturated carbocycles. The van der Waals surface area contributed by atoms with Crippen molar-refractivity contribution >= 4 is 36.6 Å². The van der Waals surface area contributed by atoms with Gasteiger partial charge in [0.15, 0.2) is 11.8 Å². The van der Waals surface area contributed by atoms with E-state index in [1.54, 1.807) is 0 Å². The van der Waals surface area contributed by atoms with Crippen molar-refractivity contribution in [1.29, 1.82) is 10.8 Å². The summed E-state index contributed by atoms with van der Waals surface area (Å²) in [6.45, 7) is 5.12. The molecule has 0 aliphatic carbocycles. The van der Waals surface area contributed by atoms with E-state index in [4.69, 9.17) is 20.3 Å². The molecule has 4 nitrogen and oxygen atoms in total. The Bertz CT molecular complexity index is 310. The van der Waals surface area contributed by atoms with Crippen molar-refractivity contribution < 1.29 is 9.47 Å². The number of hydrogen-bond donors (Lipinski definition) is 2. The number of halogens is 2. The van der Waals surface area contributed by atoms with E-state index in [2.05, 4.69) is 0 Å². The van der Waals surface area contributed by atoms with Gasteiger partial charge in [0, 0.05) is 12.8 Å². The average Bonchev–Trinajstić information content (AvgIpc) is 2.61. The van der Waals surface area contributed by atoms with Gasteiger partial charge < -0.3 is 9.47 Å². The molecule has 0 aromatic carbocycles. The van der Waals surface area contributed by atoms with Gasteiger partial charge in [0.25, 0.3) is 0 Å². The fraction of sp³-hybridized carbons (Fsp3) is 0.909. The first kappa shape index (κ1) is 32.2. The Morgan fingerprint density at radius 3 is 0.893 bits per heavy atom. The van der Waals surface area contributed by atoms with E-state index in [1.165, 1.54) is 77.0 Å². The number of unbranched alkanes of at least 4 members (excludes halogenated alkanes) is 13. The summed E-state index contributed by atoms with van der Waals surface area (Å²) in [5.74, 6) is 0.912. The summed E-state index contributed by atoms with van der Waals surface area (Å²) in [6.07, 6.45) is 19.9. The first-order valence-electron chi connectivity index (χ1n) is 11.1. The van der Waals surface area contributed by atoms with Gasteiger partial charge in [0.1, 0.15) is 0 Å². The monoisotopic (exact) mass is 440 g/mol. The van der Waals surface area contributed by atoms with E-state index < -0.39 is 0 Å². The van der Waals surface area contributed by atoms with Crippen molar-refractivity contribution in [3.63, 3.8) is 0 Å². The zero-order valence-electron chi connectivity index (χ0n) is 18.4. The van der Waals surface area contributed by atoms with Gasteiger partial charge in [-0.05, 0) is 26.7 Å². The first-order chi connectivity index (χ1) is 12.7. The molecule has 2 N–H and O–H groups in total. The molecule has 0 fully saturated rings. The van der Waals surface area contributed by atoms with E-state index in [0.717, 1.165) is 25.7 Å². The van der Waals surface area contributed by atoms with Crippen LogP contribution in [0.15, 0.2) is 0 Å². The lowest BCUT2D eigenvalue weighted by molar-refractivity contribution is 0.312. The van der Waals surface area contributed by atoms with Gasteiger partial charge in [0.2, 0.25) is 0 Å². The lowest BCUT2D eigenvalue weighted by Crippen LogP contribution is -2.02. The van der Waals surface area contributed by atoms with E-state index >= 15 is 0 Å². The first-order valence-corrected chi connectivity index (χ1v) is 11.1. The molecular weight excluding hydrogens is 395 g/mol. The van der Waals surface area contributed by atoms with Crippen LogP contribution in [0, 0.1) is 10.8 Å². The standard InChI is InChI=1S/C22H44N2O2.2ClH/c1-3-25-21(23)19-17-15-13-11-9-7-5-6-8-10-12-14-16-18-20-22(24)26-4-2;;/h23-24H,3-20H2,1-2H3;2*1H.